The first-order valence-corrected chi connectivity index (χ1v) is 12.1. The molecule has 31 heavy (non-hydrogen) atoms. The van der Waals surface area contributed by atoms with Gasteiger partial charge in [-0.25, -0.2) is 0 Å². The summed E-state index contributed by atoms with van der Waals surface area (Å²) < 4.78 is 1.02. The zero-order valence-corrected chi connectivity index (χ0v) is 21.8. The van der Waals surface area contributed by atoms with Crippen molar-refractivity contribution in [1.82, 2.24) is 4.90 Å². The number of carbonyl (C=O) groups is 2. The molecule has 168 valence electrons. The molecule has 0 heterocycles. The van der Waals surface area contributed by atoms with E-state index in [0.717, 1.165) is 21.2 Å². The predicted molar refractivity (Wildman–Crippen MR) is 131 cm³/mol. The summed E-state index contributed by atoms with van der Waals surface area (Å²) in [5, 5.41) is 0. The molecule has 1 aromatic rings. The Morgan fingerprint density at radius 3 is 1.77 bits per heavy atom. The van der Waals surface area contributed by atoms with E-state index in [-0.39, 0.29) is 34.4 Å². The van der Waals surface area contributed by atoms with Crippen LogP contribution in [0, 0.1) is 22.2 Å². The highest BCUT2D eigenvalue weighted by Crippen LogP contribution is 2.70. The van der Waals surface area contributed by atoms with Gasteiger partial charge in [0.15, 0.2) is 5.78 Å². The highest BCUT2D eigenvalue weighted by Gasteiger charge is 2.68. The Kier molecular flexibility index (Phi) is 6.21. The highest BCUT2D eigenvalue weighted by atomic mass is 79.9. The summed E-state index contributed by atoms with van der Waals surface area (Å²) in [6, 6.07) is 8.30. The van der Waals surface area contributed by atoms with E-state index in [1.54, 1.807) is 0 Å². The van der Waals surface area contributed by atoms with Gasteiger partial charge in [-0.1, -0.05) is 81.8 Å². The lowest BCUT2D eigenvalue weighted by atomic mass is 9.69. The summed E-state index contributed by atoms with van der Waals surface area (Å²) in [7, 11) is 0. The van der Waals surface area contributed by atoms with E-state index < -0.39 is 5.41 Å². The van der Waals surface area contributed by atoms with Gasteiger partial charge in [0.1, 0.15) is 0 Å². The van der Waals surface area contributed by atoms with E-state index in [2.05, 4.69) is 81.8 Å². The number of carbonyl (C=O) groups excluding carboxylic acids is 2. The third kappa shape index (κ3) is 4.20. The first kappa shape index (κ1) is 24.0. The Labute approximate surface area is 196 Å². The van der Waals surface area contributed by atoms with Crippen molar-refractivity contribution in [2.45, 2.75) is 61.3 Å². The van der Waals surface area contributed by atoms with Crippen LogP contribution in [0.3, 0.4) is 0 Å². The van der Waals surface area contributed by atoms with Crippen LogP contribution in [-0.4, -0.2) is 29.7 Å². The molecule has 1 spiro atoms. The first-order chi connectivity index (χ1) is 14.3. The summed E-state index contributed by atoms with van der Waals surface area (Å²) >= 11 is 3.53. The van der Waals surface area contributed by atoms with Crippen LogP contribution in [0.15, 0.2) is 52.0 Å². The van der Waals surface area contributed by atoms with Crippen LogP contribution < -0.4 is 0 Å². The normalized spacial score (nSPS) is 22.8. The van der Waals surface area contributed by atoms with Crippen molar-refractivity contribution in [3.63, 3.8) is 0 Å². The second-order valence-corrected chi connectivity index (χ2v) is 11.9. The molecule has 4 heteroatoms. The van der Waals surface area contributed by atoms with Gasteiger partial charge in [0.05, 0.1) is 5.92 Å². The van der Waals surface area contributed by atoms with Gasteiger partial charge < -0.3 is 4.90 Å². The Hall–Kier alpha value is -1.68. The standard InChI is InChI=1S/C27H36BrNO2/c1-9-29(10-2)24(31)22-21(17-11-13-18(28)14-12-17)27(22)15-19(25(3,4)5)23(30)20(16-27)26(6,7)8/h11-16,21-22H,9-10H2,1-8H3/t21-,22+/m0/s1. The van der Waals surface area contributed by atoms with Gasteiger partial charge in [0.25, 0.3) is 0 Å². The molecule has 0 radical (unpaired) electrons. The largest absolute Gasteiger partial charge is 0.343 e. The average Bonchev–Trinajstić information content (AvgIpc) is 3.30. The van der Waals surface area contributed by atoms with Crippen molar-refractivity contribution >= 4 is 27.6 Å². The van der Waals surface area contributed by atoms with Crippen LogP contribution in [0.4, 0.5) is 0 Å². The van der Waals surface area contributed by atoms with Gasteiger partial charge in [-0.05, 0) is 42.4 Å². The van der Waals surface area contributed by atoms with E-state index in [9.17, 15) is 9.59 Å². The average molecular weight is 486 g/mol. The van der Waals surface area contributed by atoms with Gasteiger partial charge >= 0.3 is 0 Å². The van der Waals surface area contributed by atoms with Crippen LogP contribution in [-0.2, 0) is 9.59 Å². The Balaban J connectivity index is 2.24. The molecular weight excluding hydrogens is 450 g/mol. The quantitative estimate of drug-likeness (QED) is 0.484. The number of allylic oxidation sites excluding steroid dienone is 4. The van der Waals surface area contributed by atoms with Crippen LogP contribution in [0.5, 0.6) is 0 Å². The number of halogens is 1. The minimum atomic E-state index is -0.452. The molecule has 1 amide bonds. The third-order valence-electron chi connectivity index (χ3n) is 6.77. The molecule has 0 N–H and O–H groups in total. The van der Waals surface area contributed by atoms with Gasteiger partial charge in [0, 0.05) is 40.0 Å². The zero-order chi connectivity index (χ0) is 23.4. The Bertz CT molecular complexity index is 903. The van der Waals surface area contributed by atoms with Gasteiger partial charge in [-0.15, -0.1) is 0 Å². The number of ketones is 1. The summed E-state index contributed by atoms with van der Waals surface area (Å²) in [5.41, 5.74) is 1.78. The maximum Gasteiger partial charge on any atom is 0.227 e. The minimum Gasteiger partial charge on any atom is -0.343 e. The Morgan fingerprint density at radius 1 is 0.935 bits per heavy atom. The fraction of sp³-hybridized carbons (Fsp3) is 0.556. The van der Waals surface area contributed by atoms with Gasteiger partial charge in [0.2, 0.25) is 5.91 Å². The SMILES string of the molecule is CCN(CC)C(=O)[C@H]1[C@H](c2ccc(Br)cc2)C12C=C(C(C)(C)C)C(=O)C(C(C)(C)C)=C2. The predicted octanol–water partition coefficient (Wildman–Crippen LogP) is 6.55. The fourth-order valence-corrected chi connectivity index (χ4v) is 5.22. The maximum atomic E-state index is 13.7. The number of hydrogen-bond donors (Lipinski definition) is 0. The second-order valence-electron chi connectivity index (χ2n) is 11.0. The Morgan fingerprint density at radius 2 is 1.39 bits per heavy atom. The molecule has 1 aromatic carbocycles. The van der Waals surface area contributed by atoms with Crippen LogP contribution in [0.25, 0.3) is 0 Å². The number of rotatable bonds is 4. The van der Waals surface area contributed by atoms with Crippen LogP contribution >= 0.6 is 15.9 Å². The monoisotopic (exact) mass is 485 g/mol. The van der Waals surface area contributed by atoms with Crippen molar-refractivity contribution in [1.29, 1.82) is 0 Å². The van der Waals surface area contributed by atoms with Crippen LogP contribution in [0.1, 0.15) is 66.9 Å². The van der Waals surface area contributed by atoms with E-state index in [4.69, 9.17) is 0 Å². The summed E-state index contributed by atoms with van der Waals surface area (Å²) in [5.74, 6) is 0.162. The summed E-state index contributed by atoms with van der Waals surface area (Å²) in [6.07, 6.45) is 4.28. The molecular formula is C27H36BrNO2. The number of benzene rings is 1. The minimum absolute atomic E-state index is 0.0384. The third-order valence-corrected chi connectivity index (χ3v) is 7.29. The molecule has 0 aromatic heterocycles. The number of Topliss-reactive ketones (excluding diaryl/α,β-unsaturated/α-hetero) is 1. The number of amides is 1. The van der Waals surface area contributed by atoms with Gasteiger partial charge in [-0.2, -0.15) is 0 Å². The molecule has 2 aliphatic rings. The van der Waals surface area contributed by atoms with E-state index >= 15 is 0 Å². The molecule has 0 saturated heterocycles. The van der Waals surface area contributed by atoms with Crippen molar-refractivity contribution < 1.29 is 9.59 Å². The van der Waals surface area contributed by atoms with Crippen molar-refractivity contribution in [3.8, 4) is 0 Å². The van der Waals surface area contributed by atoms with E-state index in [1.807, 2.05) is 30.9 Å². The molecule has 0 bridgehead atoms. The van der Waals surface area contributed by atoms with Crippen molar-refractivity contribution in [2.75, 3.05) is 13.1 Å². The molecule has 1 saturated carbocycles. The van der Waals surface area contributed by atoms with E-state index in [1.165, 1.54) is 0 Å². The first-order valence-electron chi connectivity index (χ1n) is 11.3. The summed E-state index contributed by atoms with van der Waals surface area (Å²) in [4.78, 5) is 29.1. The molecule has 2 aliphatic carbocycles. The summed E-state index contributed by atoms with van der Waals surface area (Å²) in [6.45, 7) is 18.0. The zero-order valence-electron chi connectivity index (χ0n) is 20.2. The lowest BCUT2D eigenvalue weighted by molar-refractivity contribution is -0.132. The van der Waals surface area contributed by atoms with Gasteiger partial charge in [-0.3, -0.25) is 9.59 Å². The smallest absolute Gasteiger partial charge is 0.227 e. The van der Waals surface area contributed by atoms with Crippen molar-refractivity contribution in [2.24, 2.45) is 22.2 Å². The molecule has 3 rings (SSSR count). The lowest BCUT2D eigenvalue weighted by Gasteiger charge is -2.34. The number of hydrogen-bond acceptors (Lipinski definition) is 2. The van der Waals surface area contributed by atoms with E-state index in [0.29, 0.717) is 13.1 Å². The molecule has 3 nitrogen and oxygen atoms in total. The molecule has 1 fully saturated rings. The molecule has 0 aliphatic heterocycles. The van der Waals surface area contributed by atoms with Crippen LogP contribution in [0.2, 0.25) is 0 Å². The van der Waals surface area contributed by atoms with Crippen molar-refractivity contribution in [3.05, 3.63) is 57.6 Å². The molecule has 2 atom stereocenters. The fourth-order valence-electron chi connectivity index (χ4n) is 4.96. The molecule has 0 unspecified atom stereocenters. The lowest BCUT2D eigenvalue weighted by Crippen LogP contribution is -2.35. The topological polar surface area (TPSA) is 37.4 Å². The maximum absolute atomic E-state index is 13.7. The highest BCUT2D eigenvalue weighted by molar-refractivity contribution is 9.10. The number of nitrogens with zero attached hydrogens (tertiary/aromatic N) is 1. The second kappa shape index (κ2) is 8.03.